The molecular weight excluding hydrogens is 304 g/mol. The molecule has 0 aliphatic heterocycles. The van der Waals surface area contributed by atoms with E-state index in [1.807, 2.05) is 34.9 Å². The molecule has 0 bridgehead atoms. The van der Waals surface area contributed by atoms with Crippen molar-refractivity contribution in [2.45, 2.75) is 44.6 Å². The number of para-hydroxylation sites is 1. The van der Waals surface area contributed by atoms with Gasteiger partial charge in [-0.25, -0.2) is 0 Å². The van der Waals surface area contributed by atoms with Gasteiger partial charge in [0.15, 0.2) is 0 Å². The van der Waals surface area contributed by atoms with Crippen molar-refractivity contribution in [2.75, 3.05) is 6.61 Å². The number of aliphatic hydroxyl groups is 1. The summed E-state index contributed by atoms with van der Waals surface area (Å²) in [7, 11) is 0. The summed E-state index contributed by atoms with van der Waals surface area (Å²) in [6.07, 6.45) is 6.78. The fourth-order valence-electron chi connectivity index (χ4n) is 3.35. The predicted octanol–water partition coefficient (Wildman–Crippen LogP) is 1.87. The van der Waals surface area contributed by atoms with Crippen molar-refractivity contribution in [3.05, 3.63) is 42.5 Å². The largest absolute Gasteiger partial charge is 0.396 e. The molecule has 1 aliphatic rings. The average molecular weight is 328 g/mol. The molecule has 1 amide bonds. The zero-order chi connectivity index (χ0) is 16.8. The molecule has 2 N–H and O–H groups in total. The van der Waals surface area contributed by atoms with Crippen LogP contribution in [0.15, 0.2) is 36.7 Å². The zero-order valence-electron chi connectivity index (χ0n) is 13.8. The van der Waals surface area contributed by atoms with E-state index < -0.39 is 0 Å². The predicted molar refractivity (Wildman–Crippen MR) is 90.7 cm³/mol. The molecule has 24 heavy (non-hydrogen) atoms. The number of nitrogens with one attached hydrogen (secondary N) is 1. The monoisotopic (exact) mass is 328 g/mol. The lowest BCUT2D eigenvalue weighted by atomic mass is 9.85. The minimum absolute atomic E-state index is 0.0166. The Morgan fingerprint density at radius 1 is 1.25 bits per heavy atom. The third-order valence-electron chi connectivity index (χ3n) is 4.72. The lowest BCUT2D eigenvalue weighted by Gasteiger charge is -2.30. The zero-order valence-corrected chi connectivity index (χ0v) is 13.8. The van der Waals surface area contributed by atoms with E-state index in [0.717, 1.165) is 37.2 Å². The van der Waals surface area contributed by atoms with E-state index in [2.05, 4.69) is 15.5 Å². The van der Waals surface area contributed by atoms with Crippen LogP contribution in [0.25, 0.3) is 5.69 Å². The van der Waals surface area contributed by atoms with Crippen molar-refractivity contribution in [2.24, 2.45) is 5.92 Å². The van der Waals surface area contributed by atoms with E-state index >= 15 is 0 Å². The normalized spacial score (nSPS) is 20.7. The average Bonchev–Trinajstić information content (AvgIpc) is 3.10. The van der Waals surface area contributed by atoms with E-state index in [9.17, 15) is 9.90 Å². The molecule has 1 aromatic heterocycles. The maximum absolute atomic E-state index is 12.3. The minimum atomic E-state index is 0.0166. The smallest absolute Gasteiger partial charge is 0.220 e. The van der Waals surface area contributed by atoms with Crippen LogP contribution in [0.3, 0.4) is 0 Å². The molecule has 1 aliphatic carbocycles. The maximum atomic E-state index is 12.3. The first-order chi connectivity index (χ1) is 11.8. The second-order valence-electron chi connectivity index (χ2n) is 6.35. The van der Waals surface area contributed by atoms with Crippen molar-refractivity contribution in [1.29, 1.82) is 0 Å². The van der Waals surface area contributed by atoms with Crippen LogP contribution in [-0.2, 0) is 11.2 Å². The number of rotatable bonds is 6. The van der Waals surface area contributed by atoms with Gasteiger partial charge in [0.25, 0.3) is 0 Å². The summed E-state index contributed by atoms with van der Waals surface area (Å²) in [5.41, 5.74) is 0.991. The Morgan fingerprint density at radius 3 is 2.83 bits per heavy atom. The van der Waals surface area contributed by atoms with Crippen LogP contribution >= 0.6 is 0 Å². The molecule has 1 heterocycles. The summed E-state index contributed by atoms with van der Waals surface area (Å²) in [5.74, 6) is 0.984. The van der Waals surface area contributed by atoms with Gasteiger partial charge in [-0.05, 0) is 25.0 Å². The van der Waals surface area contributed by atoms with Crippen LogP contribution in [0.5, 0.6) is 0 Å². The van der Waals surface area contributed by atoms with Gasteiger partial charge >= 0.3 is 0 Å². The van der Waals surface area contributed by atoms with E-state index in [1.54, 1.807) is 6.33 Å². The molecule has 1 saturated carbocycles. The van der Waals surface area contributed by atoms with Crippen molar-refractivity contribution in [3.8, 4) is 5.69 Å². The fraction of sp³-hybridized carbons (Fsp3) is 0.500. The summed E-state index contributed by atoms with van der Waals surface area (Å²) < 4.78 is 1.91. The number of hydrogen-bond donors (Lipinski definition) is 2. The van der Waals surface area contributed by atoms with Crippen molar-refractivity contribution in [1.82, 2.24) is 20.1 Å². The number of carbonyl (C=O) groups excluding carboxylic acids is 1. The molecule has 2 aromatic rings. The molecule has 0 saturated heterocycles. The number of aliphatic hydroxyl groups excluding tert-OH is 1. The van der Waals surface area contributed by atoms with Gasteiger partial charge in [-0.1, -0.05) is 31.0 Å². The Balaban J connectivity index is 1.56. The Kier molecular flexibility index (Phi) is 5.59. The lowest BCUT2D eigenvalue weighted by molar-refractivity contribution is -0.122. The third-order valence-corrected chi connectivity index (χ3v) is 4.72. The van der Waals surface area contributed by atoms with Crippen molar-refractivity contribution >= 4 is 5.91 Å². The van der Waals surface area contributed by atoms with Crippen LogP contribution < -0.4 is 5.32 Å². The SMILES string of the molecule is O=C(CCc1nncn1-c1ccccc1)NC1CCCCC1CO. The molecule has 1 fully saturated rings. The highest BCUT2D eigenvalue weighted by atomic mass is 16.3. The highest BCUT2D eigenvalue weighted by Gasteiger charge is 2.25. The van der Waals surface area contributed by atoms with Crippen LogP contribution in [0.2, 0.25) is 0 Å². The summed E-state index contributed by atoms with van der Waals surface area (Å²) in [4.78, 5) is 12.3. The molecule has 3 rings (SSSR count). The maximum Gasteiger partial charge on any atom is 0.220 e. The third kappa shape index (κ3) is 4.00. The molecule has 2 atom stereocenters. The van der Waals surface area contributed by atoms with Gasteiger partial charge < -0.3 is 10.4 Å². The fourth-order valence-corrected chi connectivity index (χ4v) is 3.35. The van der Waals surface area contributed by atoms with Crippen LogP contribution in [-0.4, -0.2) is 38.4 Å². The molecule has 128 valence electrons. The van der Waals surface area contributed by atoms with E-state index in [0.29, 0.717) is 12.8 Å². The first kappa shape index (κ1) is 16.6. The molecular formula is C18H24N4O2. The number of aryl methyl sites for hydroxylation is 1. The van der Waals surface area contributed by atoms with E-state index in [-0.39, 0.29) is 24.5 Å². The topological polar surface area (TPSA) is 80.0 Å². The molecule has 6 nitrogen and oxygen atoms in total. The second kappa shape index (κ2) is 8.06. The summed E-state index contributed by atoms with van der Waals surface area (Å²) >= 11 is 0. The Hall–Kier alpha value is -2.21. The highest BCUT2D eigenvalue weighted by Crippen LogP contribution is 2.24. The van der Waals surface area contributed by atoms with Crippen LogP contribution in [0.4, 0.5) is 0 Å². The number of carbonyl (C=O) groups is 1. The minimum Gasteiger partial charge on any atom is -0.396 e. The Morgan fingerprint density at radius 2 is 2.04 bits per heavy atom. The van der Waals surface area contributed by atoms with Crippen molar-refractivity contribution in [3.63, 3.8) is 0 Å². The first-order valence-electron chi connectivity index (χ1n) is 8.62. The van der Waals surface area contributed by atoms with Crippen LogP contribution in [0.1, 0.15) is 37.9 Å². The number of amides is 1. The molecule has 6 heteroatoms. The first-order valence-corrected chi connectivity index (χ1v) is 8.62. The summed E-state index contributed by atoms with van der Waals surface area (Å²) in [5, 5.41) is 20.6. The standard InChI is InChI=1S/C18H24N4O2/c23-12-14-6-4-5-9-16(14)20-18(24)11-10-17-21-19-13-22(17)15-7-2-1-3-8-15/h1-3,7-8,13-14,16,23H,4-6,9-12H2,(H,20,24). The van der Waals surface area contributed by atoms with Gasteiger partial charge in [-0.2, -0.15) is 0 Å². The summed E-state index contributed by atoms with van der Waals surface area (Å²) in [6, 6.07) is 9.96. The molecule has 0 radical (unpaired) electrons. The van der Waals surface area contributed by atoms with Gasteiger partial charge in [-0.3, -0.25) is 9.36 Å². The molecule has 0 spiro atoms. The van der Waals surface area contributed by atoms with Crippen molar-refractivity contribution < 1.29 is 9.90 Å². The van der Waals surface area contributed by atoms with Gasteiger partial charge in [0, 0.05) is 37.1 Å². The van der Waals surface area contributed by atoms with E-state index in [4.69, 9.17) is 0 Å². The Bertz CT molecular complexity index is 656. The number of benzene rings is 1. The Labute approximate surface area is 141 Å². The van der Waals surface area contributed by atoms with Gasteiger partial charge in [0.05, 0.1) is 0 Å². The highest BCUT2D eigenvalue weighted by molar-refractivity contribution is 5.76. The lowest BCUT2D eigenvalue weighted by Crippen LogP contribution is -2.43. The van der Waals surface area contributed by atoms with Crippen LogP contribution in [0, 0.1) is 5.92 Å². The van der Waals surface area contributed by atoms with E-state index in [1.165, 1.54) is 0 Å². The van der Waals surface area contributed by atoms with Gasteiger partial charge in [-0.15, -0.1) is 10.2 Å². The molecule has 2 unspecified atom stereocenters. The summed E-state index contributed by atoms with van der Waals surface area (Å²) in [6.45, 7) is 0.146. The molecule has 1 aromatic carbocycles. The number of aromatic nitrogens is 3. The second-order valence-corrected chi connectivity index (χ2v) is 6.35. The van der Waals surface area contributed by atoms with Gasteiger partial charge in [0.1, 0.15) is 12.2 Å². The quantitative estimate of drug-likeness (QED) is 0.848. The number of hydrogen-bond acceptors (Lipinski definition) is 4. The number of nitrogens with zero attached hydrogens (tertiary/aromatic N) is 3. The van der Waals surface area contributed by atoms with Gasteiger partial charge in [0.2, 0.25) is 5.91 Å².